The van der Waals surface area contributed by atoms with Crippen molar-refractivity contribution >= 4 is 31.9 Å². The van der Waals surface area contributed by atoms with Crippen LogP contribution in [0.3, 0.4) is 0 Å². The normalized spacial score (nSPS) is 10.6. The van der Waals surface area contributed by atoms with Crippen molar-refractivity contribution in [3.63, 3.8) is 0 Å². The lowest BCUT2D eigenvalue weighted by molar-refractivity contribution is 0.333. The van der Waals surface area contributed by atoms with E-state index >= 15 is 0 Å². The molecule has 1 aromatic carbocycles. The molecule has 2 aromatic rings. The fraction of sp³-hybridized carbons (Fsp3) is 0.267. The minimum absolute atomic E-state index is 0.649. The molecule has 0 saturated heterocycles. The smallest absolute Gasteiger partial charge is 0.138 e. The fourth-order valence-electron chi connectivity index (χ4n) is 1.90. The van der Waals surface area contributed by atoms with Crippen LogP contribution in [-0.2, 0) is 13.1 Å². The van der Waals surface area contributed by atoms with Gasteiger partial charge < -0.3 is 10.1 Å². The summed E-state index contributed by atoms with van der Waals surface area (Å²) in [6, 6.07) is 8.07. The van der Waals surface area contributed by atoms with E-state index in [1.165, 1.54) is 5.56 Å². The van der Waals surface area contributed by atoms with Crippen LogP contribution in [0.2, 0.25) is 0 Å². The first-order chi connectivity index (χ1) is 9.70. The molecule has 0 aliphatic heterocycles. The second kappa shape index (κ2) is 7.76. The Morgan fingerprint density at radius 1 is 1.25 bits per heavy atom. The number of rotatable bonds is 6. The van der Waals surface area contributed by atoms with Gasteiger partial charge in [0, 0.05) is 35.5 Å². The van der Waals surface area contributed by atoms with Crippen LogP contribution < -0.4 is 10.1 Å². The van der Waals surface area contributed by atoms with Crippen molar-refractivity contribution in [3.8, 4) is 5.75 Å². The third kappa shape index (κ3) is 4.30. The summed E-state index contributed by atoms with van der Waals surface area (Å²) >= 11 is 7.05. The Labute approximate surface area is 136 Å². The van der Waals surface area contributed by atoms with E-state index in [4.69, 9.17) is 4.74 Å². The standard InChI is InChI=1S/C15H16Br2N2O/c1-2-20-15-12(6-13(16)7-14(15)17)10-19-9-11-4-3-5-18-8-11/h3-8,19H,2,9-10H2,1H3. The maximum atomic E-state index is 5.71. The van der Waals surface area contributed by atoms with Gasteiger partial charge in [0.05, 0.1) is 11.1 Å². The molecule has 0 saturated carbocycles. The second-order valence-corrected chi connectivity index (χ2v) is 6.04. The number of halogens is 2. The van der Waals surface area contributed by atoms with E-state index < -0.39 is 0 Å². The summed E-state index contributed by atoms with van der Waals surface area (Å²) in [5.74, 6) is 0.898. The number of ether oxygens (including phenoxy) is 1. The fourth-order valence-corrected chi connectivity index (χ4v) is 3.32. The molecule has 1 heterocycles. The van der Waals surface area contributed by atoms with Crippen LogP contribution in [-0.4, -0.2) is 11.6 Å². The van der Waals surface area contributed by atoms with E-state index in [1.807, 2.05) is 25.3 Å². The molecule has 0 fully saturated rings. The molecule has 0 radical (unpaired) electrons. The quantitative estimate of drug-likeness (QED) is 0.786. The maximum Gasteiger partial charge on any atom is 0.138 e. The molecule has 0 aliphatic rings. The predicted octanol–water partition coefficient (Wildman–Crippen LogP) is 4.30. The van der Waals surface area contributed by atoms with Crippen molar-refractivity contribution in [3.05, 3.63) is 56.7 Å². The monoisotopic (exact) mass is 398 g/mol. The van der Waals surface area contributed by atoms with Crippen LogP contribution >= 0.6 is 31.9 Å². The molecular formula is C15H16Br2N2O. The van der Waals surface area contributed by atoms with Crippen LogP contribution in [0.25, 0.3) is 0 Å². The number of nitrogens with zero attached hydrogens (tertiary/aromatic N) is 1. The van der Waals surface area contributed by atoms with Crippen molar-refractivity contribution < 1.29 is 4.74 Å². The summed E-state index contributed by atoms with van der Waals surface area (Å²) in [5.41, 5.74) is 2.29. The lowest BCUT2D eigenvalue weighted by Gasteiger charge is -2.13. The largest absolute Gasteiger partial charge is 0.492 e. The average Bonchev–Trinajstić information content (AvgIpc) is 2.43. The first kappa shape index (κ1) is 15.5. The lowest BCUT2D eigenvalue weighted by atomic mass is 10.2. The maximum absolute atomic E-state index is 5.71. The van der Waals surface area contributed by atoms with Crippen molar-refractivity contribution in [2.45, 2.75) is 20.0 Å². The van der Waals surface area contributed by atoms with Gasteiger partial charge in [-0.15, -0.1) is 0 Å². The van der Waals surface area contributed by atoms with E-state index in [0.717, 1.165) is 33.3 Å². The highest BCUT2D eigenvalue weighted by atomic mass is 79.9. The molecule has 0 atom stereocenters. The zero-order valence-corrected chi connectivity index (χ0v) is 14.4. The zero-order valence-electron chi connectivity index (χ0n) is 11.2. The van der Waals surface area contributed by atoms with E-state index in [0.29, 0.717) is 6.61 Å². The Morgan fingerprint density at radius 2 is 2.10 bits per heavy atom. The minimum Gasteiger partial charge on any atom is -0.492 e. The molecule has 106 valence electrons. The third-order valence-corrected chi connectivity index (χ3v) is 3.79. The highest BCUT2D eigenvalue weighted by Crippen LogP contribution is 2.33. The van der Waals surface area contributed by atoms with Crippen LogP contribution in [0.4, 0.5) is 0 Å². The summed E-state index contributed by atoms with van der Waals surface area (Å²) < 4.78 is 7.70. The van der Waals surface area contributed by atoms with Crippen molar-refractivity contribution in [1.82, 2.24) is 10.3 Å². The Morgan fingerprint density at radius 3 is 2.80 bits per heavy atom. The number of aromatic nitrogens is 1. The first-order valence-corrected chi connectivity index (χ1v) is 7.99. The van der Waals surface area contributed by atoms with Gasteiger partial charge in [0.25, 0.3) is 0 Å². The molecule has 20 heavy (non-hydrogen) atoms. The Kier molecular flexibility index (Phi) is 6.01. The highest BCUT2D eigenvalue weighted by molar-refractivity contribution is 9.11. The van der Waals surface area contributed by atoms with Crippen LogP contribution in [0.15, 0.2) is 45.6 Å². The SMILES string of the molecule is CCOc1c(Br)cc(Br)cc1CNCc1cccnc1. The van der Waals surface area contributed by atoms with E-state index in [2.05, 4.69) is 54.3 Å². The number of pyridine rings is 1. The van der Waals surface area contributed by atoms with Crippen LogP contribution in [0.5, 0.6) is 5.75 Å². The van der Waals surface area contributed by atoms with E-state index in [9.17, 15) is 0 Å². The molecule has 3 nitrogen and oxygen atoms in total. The Balaban J connectivity index is 2.05. The van der Waals surface area contributed by atoms with Crippen molar-refractivity contribution in [2.75, 3.05) is 6.61 Å². The summed E-state index contributed by atoms with van der Waals surface area (Å²) in [6.07, 6.45) is 3.65. The van der Waals surface area contributed by atoms with Gasteiger partial charge in [-0.1, -0.05) is 22.0 Å². The number of benzene rings is 1. The highest BCUT2D eigenvalue weighted by Gasteiger charge is 2.09. The average molecular weight is 400 g/mol. The second-order valence-electron chi connectivity index (χ2n) is 4.27. The van der Waals surface area contributed by atoms with E-state index in [1.54, 1.807) is 6.20 Å². The molecule has 0 bridgehead atoms. The topological polar surface area (TPSA) is 34.1 Å². The van der Waals surface area contributed by atoms with Gasteiger partial charge in [-0.05, 0) is 46.6 Å². The van der Waals surface area contributed by atoms with Crippen LogP contribution in [0.1, 0.15) is 18.1 Å². The van der Waals surface area contributed by atoms with Gasteiger partial charge in [0.15, 0.2) is 0 Å². The van der Waals surface area contributed by atoms with Gasteiger partial charge in [-0.25, -0.2) is 0 Å². The summed E-state index contributed by atoms with van der Waals surface area (Å²) in [6.45, 7) is 4.16. The number of hydrogen-bond acceptors (Lipinski definition) is 3. The molecule has 0 unspecified atom stereocenters. The van der Waals surface area contributed by atoms with Gasteiger partial charge >= 0.3 is 0 Å². The van der Waals surface area contributed by atoms with Gasteiger partial charge in [0.1, 0.15) is 5.75 Å². The molecule has 1 N–H and O–H groups in total. The molecule has 0 spiro atoms. The molecular weight excluding hydrogens is 384 g/mol. The van der Waals surface area contributed by atoms with Crippen LogP contribution in [0, 0.1) is 0 Å². The van der Waals surface area contributed by atoms with Gasteiger partial charge in [0.2, 0.25) is 0 Å². The zero-order chi connectivity index (χ0) is 14.4. The molecule has 0 amide bonds. The number of hydrogen-bond donors (Lipinski definition) is 1. The molecule has 5 heteroatoms. The van der Waals surface area contributed by atoms with Gasteiger partial charge in [-0.2, -0.15) is 0 Å². The molecule has 2 rings (SSSR count). The first-order valence-electron chi connectivity index (χ1n) is 6.41. The summed E-state index contributed by atoms with van der Waals surface area (Å²) in [4.78, 5) is 4.11. The Bertz CT molecular complexity index is 561. The number of nitrogens with one attached hydrogen (secondary N) is 1. The lowest BCUT2D eigenvalue weighted by Crippen LogP contribution is -2.14. The minimum atomic E-state index is 0.649. The molecule has 1 aromatic heterocycles. The predicted molar refractivity (Wildman–Crippen MR) is 87.8 cm³/mol. The summed E-state index contributed by atoms with van der Waals surface area (Å²) in [7, 11) is 0. The van der Waals surface area contributed by atoms with Crippen molar-refractivity contribution in [1.29, 1.82) is 0 Å². The third-order valence-electron chi connectivity index (χ3n) is 2.74. The van der Waals surface area contributed by atoms with E-state index in [-0.39, 0.29) is 0 Å². The Hall–Kier alpha value is -0.910. The molecule has 0 aliphatic carbocycles. The summed E-state index contributed by atoms with van der Waals surface area (Å²) in [5, 5.41) is 3.41. The van der Waals surface area contributed by atoms with Gasteiger partial charge in [-0.3, -0.25) is 4.98 Å². The van der Waals surface area contributed by atoms with Crippen molar-refractivity contribution in [2.24, 2.45) is 0 Å².